The van der Waals surface area contributed by atoms with Gasteiger partial charge in [0.15, 0.2) is 0 Å². The first-order valence-corrected chi connectivity index (χ1v) is 9.80. The van der Waals surface area contributed by atoms with Gasteiger partial charge in [0.25, 0.3) is 0 Å². The molecule has 2 N–H and O–H groups in total. The smallest absolute Gasteiger partial charge is 0.223 e. The Morgan fingerprint density at radius 1 is 1.31 bits per heavy atom. The lowest BCUT2D eigenvalue weighted by molar-refractivity contribution is -0.161. The summed E-state index contributed by atoms with van der Waals surface area (Å²) in [7, 11) is 1.85. The molecule has 1 aliphatic rings. The van der Waals surface area contributed by atoms with Crippen molar-refractivity contribution in [1.82, 2.24) is 14.7 Å². The summed E-state index contributed by atoms with van der Waals surface area (Å²) in [6.07, 6.45) is 2.62. The first-order chi connectivity index (χ1) is 13.9. The molecule has 1 aliphatic heterocycles. The topological polar surface area (TPSA) is 99.7 Å². The third kappa shape index (κ3) is 5.71. The highest BCUT2D eigenvalue weighted by Crippen LogP contribution is 2.25. The number of benzene rings is 1. The molecule has 0 bridgehead atoms. The van der Waals surface area contributed by atoms with Crippen molar-refractivity contribution in [3.8, 4) is 5.75 Å². The number of ether oxygens (including phenoxy) is 2. The molecule has 0 spiro atoms. The number of rotatable bonds is 8. The minimum atomic E-state index is -0.980. The second kappa shape index (κ2) is 9.28. The number of nitrogens with two attached hydrogens (primary N) is 1. The monoisotopic (exact) mass is 420 g/mol. The van der Waals surface area contributed by atoms with Crippen LogP contribution in [0.15, 0.2) is 36.5 Å². The fourth-order valence-corrected chi connectivity index (χ4v) is 3.53. The van der Waals surface area contributed by atoms with E-state index in [2.05, 4.69) is 5.10 Å². The molecule has 1 aromatic carbocycles. The lowest BCUT2D eigenvalue weighted by Gasteiger charge is -2.42. The molecule has 0 radical (unpaired) electrons. The average Bonchev–Trinajstić information content (AvgIpc) is 3.10. The molecule has 1 saturated heterocycles. The van der Waals surface area contributed by atoms with Gasteiger partial charge in [0.05, 0.1) is 19.6 Å². The van der Waals surface area contributed by atoms with Crippen LogP contribution in [0, 0.1) is 0 Å². The van der Waals surface area contributed by atoms with E-state index in [0.29, 0.717) is 36.8 Å². The van der Waals surface area contributed by atoms with Crippen LogP contribution in [0.1, 0.15) is 18.5 Å². The maximum absolute atomic E-state index is 12.8. The van der Waals surface area contributed by atoms with Crippen LogP contribution in [0.3, 0.4) is 0 Å². The van der Waals surface area contributed by atoms with E-state index in [1.54, 1.807) is 40.0 Å². The van der Waals surface area contributed by atoms with Crippen LogP contribution in [0.25, 0.3) is 0 Å². The number of aryl methyl sites for hydroxylation is 2. The quantitative estimate of drug-likeness (QED) is 0.698. The van der Waals surface area contributed by atoms with E-state index in [1.165, 1.54) is 0 Å². The van der Waals surface area contributed by atoms with E-state index in [0.717, 1.165) is 5.69 Å². The van der Waals surface area contributed by atoms with Gasteiger partial charge in [-0.2, -0.15) is 5.10 Å². The van der Waals surface area contributed by atoms with Crippen molar-refractivity contribution in [1.29, 1.82) is 0 Å². The first kappa shape index (κ1) is 21.1. The molecule has 3 rings (SSSR count). The van der Waals surface area contributed by atoms with Gasteiger partial charge in [0.1, 0.15) is 18.0 Å². The highest BCUT2D eigenvalue weighted by atomic mass is 35.5. The zero-order valence-corrected chi connectivity index (χ0v) is 17.1. The van der Waals surface area contributed by atoms with Crippen molar-refractivity contribution in [2.24, 2.45) is 12.8 Å². The molecule has 2 heterocycles. The fraction of sp³-hybridized carbons (Fsp3) is 0.450. The number of carbonyl (C=O) groups excluding carboxylic acids is 2. The van der Waals surface area contributed by atoms with Gasteiger partial charge < -0.3 is 20.1 Å². The Morgan fingerprint density at radius 3 is 2.72 bits per heavy atom. The number of morpholine rings is 1. The summed E-state index contributed by atoms with van der Waals surface area (Å²) < 4.78 is 13.5. The van der Waals surface area contributed by atoms with Gasteiger partial charge >= 0.3 is 0 Å². The van der Waals surface area contributed by atoms with E-state index in [-0.39, 0.29) is 25.5 Å². The third-order valence-electron chi connectivity index (χ3n) is 4.93. The van der Waals surface area contributed by atoms with E-state index in [9.17, 15) is 9.59 Å². The lowest BCUT2D eigenvalue weighted by Crippen LogP contribution is -2.58. The molecule has 8 nitrogen and oxygen atoms in total. The van der Waals surface area contributed by atoms with Crippen LogP contribution in [0.2, 0.25) is 5.02 Å². The number of hydrogen-bond donors (Lipinski definition) is 1. The molecular formula is C20H25ClN4O4. The van der Waals surface area contributed by atoms with Gasteiger partial charge in [-0.1, -0.05) is 11.6 Å². The minimum absolute atomic E-state index is 0.00478. The van der Waals surface area contributed by atoms with E-state index < -0.39 is 11.5 Å². The van der Waals surface area contributed by atoms with Crippen LogP contribution in [-0.4, -0.2) is 58.4 Å². The fourth-order valence-electron chi connectivity index (χ4n) is 3.41. The standard InChI is InChI=1S/C20H25ClN4O4/c1-24-16(8-9-23-24)4-7-19(27)25-10-11-29-20(13-25,12-18(22)26)14-28-17-5-2-15(21)3-6-17/h2-3,5-6,8-9H,4,7,10-14H2,1H3,(H2,22,26)/t20-/m0/s1. The minimum Gasteiger partial charge on any atom is -0.490 e. The number of carbonyl (C=O) groups is 2. The number of hydrogen-bond acceptors (Lipinski definition) is 5. The van der Waals surface area contributed by atoms with Crippen molar-refractivity contribution in [3.63, 3.8) is 0 Å². The van der Waals surface area contributed by atoms with Gasteiger partial charge in [-0.05, 0) is 36.8 Å². The maximum Gasteiger partial charge on any atom is 0.223 e. The van der Waals surface area contributed by atoms with Crippen LogP contribution >= 0.6 is 11.6 Å². The number of halogens is 1. The second-order valence-electron chi connectivity index (χ2n) is 7.18. The summed E-state index contributed by atoms with van der Waals surface area (Å²) >= 11 is 5.90. The molecule has 2 aromatic rings. The zero-order chi connectivity index (χ0) is 20.9. The Balaban J connectivity index is 1.64. The molecule has 1 fully saturated rings. The molecule has 0 saturated carbocycles. The van der Waals surface area contributed by atoms with Crippen LogP contribution in [-0.2, 0) is 27.8 Å². The summed E-state index contributed by atoms with van der Waals surface area (Å²) in [5, 5.41) is 4.72. The highest BCUT2D eigenvalue weighted by molar-refractivity contribution is 6.30. The number of primary amides is 1. The number of amides is 2. The Kier molecular flexibility index (Phi) is 6.76. The van der Waals surface area contributed by atoms with E-state index in [4.69, 9.17) is 26.8 Å². The van der Waals surface area contributed by atoms with E-state index in [1.807, 2.05) is 13.1 Å². The van der Waals surface area contributed by atoms with Crippen molar-refractivity contribution < 1.29 is 19.1 Å². The Hall–Kier alpha value is -2.58. The molecule has 2 amide bonds. The molecular weight excluding hydrogens is 396 g/mol. The van der Waals surface area contributed by atoms with Crippen LogP contribution in [0.4, 0.5) is 0 Å². The Labute approximate surface area is 174 Å². The third-order valence-corrected chi connectivity index (χ3v) is 5.18. The zero-order valence-electron chi connectivity index (χ0n) is 16.3. The number of aromatic nitrogens is 2. The largest absolute Gasteiger partial charge is 0.490 e. The summed E-state index contributed by atoms with van der Waals surface area (Å²) in [6, 6.07) is 8.80. The maximum atomic E-state index is 12.8. The van der Waals surface area contributed by atoms with Gasteiger partial charge in [0.2, 0.25) is 11.8 Å². The lowest BCUT2D eigenvalue weighted by atomic mass is 9.97. The van der Waals surface area contributed by atoms with Gasteiger partial charge in [-0.25, -0.2) is 0 Å². The second-order valence-corrected chi connectivity index (χ2v) is 7.62. The summed E-state index contributed by atoms with van der Waals surface area (Å²) in [5.74, 6) is 0.0882. The normalized spacial score (nSPS) is 19.2. The van der Waals surface area contributed by atoms with Crippen molar-refractivity contribution in [3.05, 3.63) is 47.2 Å². The van der Waals surface area contributed by atoms with Gasteiger partial charge in [0, 0.05) is 36.9 Å². The molecule has 0 aliphatic carbocycles. The number of nitrogens with zero attached hydrogens (tertiary/aromatic N) is 3. The van der Waals surface area contributed by atoms with Crippen LogP contribution in [0.5, 0.6) is 5.75 Å². The molecule has 9 heteroatoms. The van der Waals surface area contributed by atoms with Gasteiger partial charge in [-0.15, -0.1) is 0 Å². The van der Waals surface area contributed by atoms with Crippen LogP contribution < -0.4 is 10.5 Å². The summed E-state index contributed by atoms with van der Waals surface area (Å²) in [6.45, 7) is 1.12. The predicted molar refractivity (Wildman–Crippen MR) is 108 cm³/mol. The predicted octanol–water partition coefficient (Wildman–Crippen LogP) is 1.56. The van der Waals surface area contributed by atoms with Crippen molar-refractivity contribution >= 4 is 23.4 Å². The molecule has 1 atom stereocenters. The summed E-state index contributed by atoms with van der Waals surface area (Å²) in [4.78, 5) is 26.2. The average molecular weight is 421 g/mol. The molecule has 0 unspecified atom stereocenters. The van der Waals surface area contributed by atoms with Crippen molar-refractivity contribution in [2.45, 2.75) is 24.9 Å². The molecule has 1 aromatic heterocycles. The molecule has 156 valence electrons. The Bertz CT molecular complexity index is 854. The molecule has 29 heavy (non-hydrogen) atoms. The van der Waals surface area contributed by atoms with Gasteiger partial charge in [-0.3, -0.25) is 14.3 Å². The highest BCUT2D eigenvalue weighted by Gasteiger charge is 2.40. The van der Waals surface area contributed by atoms with Crippen molar-refractivity contribution in [2.75, 3.05) is 26.3 Å². The Morgan fingerprint density at radius 2 is 2.07 bits per heavy atom. The first-order valence-electron chi connectivity index (χ1n) is 9.42. The SMILES string of the molecule is Cn1nccc1CCC(=O)N1CCO[C@@](COc2ccc(Cl)cc2)(CC(N)=O)C1. The van der Waals surface area contributed by atoms with E-state index >= 15 is 0 Å². The summed E-state index contributed by atoms with van der Waals surface area (Å²) in [5.41, 5.74) is 5.46.